The van der Waals surface area contributed by atoms with E-state index in [1.165, 1.54) is 4.90 Å². The standard InChI is InChI=1S/C17H23N5O3/c1-17(2,3)22(16(24)25)12-8-11(9-12)21-14-13(18-6-7-19-14)20(15(21)23)10-4-5-10/h6-7,10-12H,4-5,8-9H2,1-3H3,(H,24,25). The Kier molecular flexibility index (Phi) is 3.42. The first-order chi connectivity index (χ1) is 11.8. The minimum Gasteiger partial charge on any atom is -0.465 e. The summed E-state index contributed by atoms with van der Waals surface area (Å²) in [5, 5.41) is 9.54. The Hall–Kier alpha value is -2.38. The van der Waals surface area contributed by atoms with E-state index in [4.69, 9.17) is 0 Å². The first-order valence-electron chi connectivity index (χ1n) is 8.74. The molecule has 0 radical (unpaired) electrons. The highest BCUT2D eigenvalue weighted by Crippen LogP contribution is 2.41. The van der Waals surface area contributed by atoms with Gasteiger partial charge in [-0.1, -0.05) is 0 Å². The summed E-state index contributed by atoms with van der Waals surface area (Å²) < 4.78 is 3.48. The van der Waals surface area contributed by atoms with Crippen molar-refractivity contribution in [2.75, 3.05) is 0 Å². The summed E-state index contributed by atoms with van der Waals surface area (Å²) in [4.78, 5) is 34.8. The number of amides is 1. The van der Waals surface area contributed by atoms with E-state index in [-0.39, 0.29) is 23.8 Å². The van der Waals surface area contributed by atoms with Gasteiger partial charge in [0.2, 0.25) is 0 Å². The Morgan fingerprint density at radius 1 is 1.12 bits per heavy atom. The van der Waals surface area contributed by atoms with Crippen LogP contribution in [0.2, 0.25) is 0 Å². The Labute approximate surface area is 145 Å². The maximum atomic E-state index is 12.9. The van der Waals surface area contributed by atoms with Gasteiger partial charge in [-0.25, -0.2) is 19.6 Å². The summed E-state index contributed by atoms with van der Waals surface area (Å²) >= 11 is 0. The fourth-order valence-corrected chi connectivity index (χ4v) is 3.92. The van der Waals surface area contributed by atoms with Crippen molar-refractivity contribution in [1.29, 1.82) is 0 Å². The van der Waals surface area contributed by atoms with Crippen LogP contribution in [0, 0.1) is 0 Å². The van der Waals surface area contributed by atoms with Crippen molar-refractivity contribution in [1.82, 2.24) is 24.0 Å². The average molecular weight is 345 g/mol. The molecule has 1 amide bonds. The quantitative estimate of drug-likeness (QED) is 0.922. The third-order valence-electron chi connectivity index (χ3n) is 5.19. The molecule has 8 heteroatoms. The highest BCUT2D eigenvalue weighted by Gasteiger charge is 2.43. The van der Waals surface area contributed by atoms with Gasteiger partial charge in [0.05, 0.1) is 0 Å². The number of carbonyl (C=O) groups is 1. The summed E-state index contributed by atoms with van der Waals surface area (Å²) in [6.07, 6.45) is 5.56. The molecule has 0 bridgehead atoms. The number of hydrogen-bond acceptors (Lipinski definition) is 4. The van der Waals surface area contributed by atoms with Crippen molar-refractivity contribution in [3.05, 3.63) is 22.9 Å². The second kappa shape index (κ2) is 5.31. The van der Waals surface area contributed by atoms with Gasteiger partial charge in [-0.2, -0.15) is 0 Å². The van der Waals surface area contributed by atoms with E-state index in [1.807, 2.05) is 20.8 Å². The van der Waals surface area contributed by atoms with Crippen LogP contribution >= 0.6 is 0 Å². The number of rotatable bonds is 3. The van der Waals surface area contributed by atoms with E-state index < -0.39 is 11.6 Å². The van der Waals surface area contributed by atoms with Crippen LogP contribution < -0.4 is 5.69 Å². The molecule has 4 rings (SSSR count). The van der Waals surface area contributed by atoms with Crippen LogP contribution in [-0.2, 0) is 0 Å². The van der Waals surface area contributed by atoms with Crippen LogP contribution in [-0.4, -0.2) is 46.8 Å². The lowest BCUT2D eigenvalue weighted by Gasteiger charge is -2.47. The van der Waals surface area contributed by atoms with Crippen molar-refractivity contribution < 1.29 is 9.90 Å². The molecule has 1 N–H and O–H groups in total. The third kappa shape index (κ3) is 2.51. The van der Waals surface area contributed by atoms with Crippen LogP contribution in [0.3, 0.4) is 0 Å². The zero-order valence-electron chi connectivity index (χ0n) is 14.7. The van der Waals surface area contributed by atoms with Crippen LogP contribution in [0.4, 0.5) is 4.79 Å². The van der Waals surface area contributed by atoms with Gasteiger partial charge in [0.1, 0.15) is 0 Å². The fourth-order valence-electron chi connectivity index (χ4n) is 3.92. The Morgan fingerprint density at radius 3 is 2.08 bits per heavy atom. The molecule has 2 fully saturated rings. The molecule has 0 atom stereocenters. The van der Waals surface area contributed by atoms with E-state index in [1.54, 1.807) is 21.5 Å². The molecule has 2 saturated carbocycles. The summed E-state index contributed by atoms with van der Waals surface area (Å²) in [6, 6.07) is 0.125. The molecule has 25 heavy (non-hydrogen) atoms. The van der Waals surface area contributed by atoms with Crippen LogP contribution in [0.1, 0.15) is 58.5 Å². The average Bonchev–Trinajstić information content (AvgIpc) is 3.25. The van der Waals surface area contributed by atoms with Gasteiger partial charge in [0.15, 0.2) is 11.3 Å². The van der Waals surface area contributed by atoms with E-state index in [2.05, 4.69) is 9.97 Å². The Bertz CT molecular complexity index is 884. The van der Waals surface area contributed by atoms with Crippen molar-refractivity contribution in [3.63, 3.8) is 0 Å². The zero-order chi connectivity index (χ0) is 17.9. The minimum absolute atomic E-state index is 0.0269. The Morgan fingerprint density at radius 2 is 1.64 bits per heavy atom. The molecule has 0 aliphatic heterocycles. The molecule has 2 heterocycles. The second-order valence-corrected chi connectivity index (χ2v) is 8.06. The van der Waals surface area contributed by atoms with Gasteiger partial charge < -0.3 is 10.0 Å². The monoisotopic (exact) mass is 345 g/mol. The number of imidazole rings is 1. The van der Waals surface area contributed by atoms with Gasteiger partial charge in [0, 0.05) is 36.1 Å². The predicted octanol–water partition coefficient (Wildman–Crippen LogP) is 2.41. The molecule has 0 saturated heterocycles. The zero-order valence-corrected chi connectivity index (χ0v) is 14.7. The van der Waals surface area contributed by atoms with Crippen molar-refractivity contribution in [3.8, 4) is 0 Å². The highest BCUT2D eigenvalue weighted by molar-refractivity contribution is 5.68. The minimum atomic E-state index is -0.913. The maximum absolute atomic E-state index is 12.9. The van der Waals surface area contributed by atoms with E-state index >= 15 is 0 Å². The number of fused-ring (bicyclic) bond motifs is 1. The van der Waals surface area contributed by atoms with E-state index in [0.717, 1.165) is 12.8 Å². The van der Waals surface area contributed by atoms with Crippen LogP contribution in [0.25, 0.3) is 11.3 Å². The SMILES string of the molecule is CC(C)(C)N(C(=O)O)C1CC(n2c(=O)n(C3CC3)c3nccnc32)C1. The maximum Gasteiger partial charge on any atom is 0.407 e. The largest absolute Gasteiger partial charge is 0.465 e. The molecule has 2 aliphatic carbocycles. The van der Waals surface area contributed by atoms with Crippen LogP contribution in [0.5, 0.6) is 0 Å². The number of hydrogen-bond donors (Lipinski definition) is 1. The van der Waals surface area contributed by atoms with Crippen molar-refractivity contribution >= 4 is 17.4 Å². The lowest BCUT2D eigenvalue weighted by Crippen LogP contribution is -2.56. The van der Waals surface area contributed by atoms with Crippen LogP contribution in [0.15, 0.2) is 17.2 Å². The first kappa shape index (κ1) is 16.1. The Balaban J connectivity index is 1.66. The fraction of sp³-hybridized carbons (Fsp3) is 0.647. The first-order valence-corrected chi connectivity index (χ1v) is 8.74. The van der Waals surface area contributed by atoms with Crippen molar-refractivity contribution in [2.45, 2.75) is 70.1 Å². The molecule has 2 aromatic heterocycles. The summed E-state index contributed by atoms with van der Waals surface area (Å²) in [5.41, 5.74) is 0.725. The lowest BCUT2D eigenvalue weighted by molar-refractivity contribution is 0.0218. The number of carboxylic acid groups (broad SMARTS) is 1. The van der Waals surface area contributed by atoms with Gasteiger partial charge in [0.25, 0.3) is 0 Å². The molecule has 134 valence electrons. The molecule has 2 aliphatic rings. The van der Waals surface area contributed by atoms with Gasteiger partial charge >= 0.3 is 11.8 Å². The van der Waals surface area contributed by atoms with Gasteiger partial charge in [-0.3, -0.25) is 9.13 Å². The molecule has 0 aromatic carbocycles. The number of aromatic nitrogens is 4. The number of nitrogens with zero attached hydrogens (tertiary/aromatic N) is 5. The van der Waals surface area contributed by atoms with E-state index in [9.17, 15) is 14.7 Å². The lowest BCUT2D eigenvalue weighted by atomic mass is 9.83. The predicted molar refractivity (Wildman–Crippen MR) is 91.7 cm³/mol. The van der Waals surface area contributed by atoms with E-state index in [0.29, 0.717) is 24.1 Å². The smallest absolute Gasteiger partial charge is 0.407 e. The molecular formula is C17H23N5O3. The topological polar surface area (TPSA) is 93.2 Å². The van der Waals surface area contributed by atoms with Gasteiger partial charge in [-0.15, -0.1) is 0 Å². The molecular weight excluding hydrogens is 322 g/mol. The normalized spacial score (nSPS) is 23.5. The molecule has 8 nitrogen and oxygen atoms in total. The third-order valence-corrected chi connectivity index (χ3v) is 5.19. The second-order valence-electron chi connectivity index (χ2n) is 8.06. The van der Waals surface area contributed by atoms with Gasteiger partial charge in [-0.05, 0) is 46.5 Å². The molecule has 2 aromatic rings. The summed E-state index contributed by atoms with van der Waals surface area (Å²) in [7, 11) is 0. The van der Waals surface area contributed by atoms with Crippen molar-refractivity contribution in [2.24, 2.45) is 0 Å². The summed E-state index contributed by atoms with van der Waals surface area (Å²) in [5.74, 6) is 0. The summed E-state index contributed by atoms with van der Waals surface area (Å²) in [6.45, 7) is 5.68. The molecule has 0 spiro atoms. The molecule has 0 unspecified atom stereocenters. The highest BCUT2D eigenvalue weighted by atomic mass is 16.4.